The third kappa shape index (κ3) is 3.17. The van der Waals surface area contributed by atoms with Crippen molar-refractivity contribution in [2.45, 2.75) is 26.3 Å². The molecule has 1 N–H and O–H groups in total. The molecule has 0 aromatic heterocycles. The number of benzene rings is 1. The highest BCUT2D eigenvalue weighted by atomic mass is 16.5. The highest BCUT2D eigenvalue weighted by Gasteiger charge is 2.33. The lowest BCUT2D eigenvalue weighted by Crippen LogP contribution is -2.52. The summed E-state index contributed by atoms with van der Waals surface area (Å²) >= 11 is 0. The van der Waals surface area contributed by atoms with E-state index in [1.54, 1.807) is 9.80 Å². The maximum Gasteiger partial charge on any atom is 0.250 e. The van der Waals surface area contributed by atoms with Crippen molar-refractivity contribution in [3.63, 3.8) is 0 Å². The van der Waals surface area contributed by atoms with Crippen LogP contribution in [-0.2, 0) is 14.3 Å². The Balaban J connectivity index is 1.84. The molecule has 1 aromatic rings. The van der Waals surface area contributed by atoms with Crippen LogP contribution in [0.2, 0.25) is 0 Å². The van der Waals surface area contributed by atoms with Crippen molar-refractivity contribution < 1.29 is 14.3 Å². The first-order valence-corrected chi connectivity index (χ1v) is 8.14. The first kappa shape index (κ1) is 15.8. The SMILES string of the molecule is CCC1Nc2cc(C)ccc2N(CC(=O)N2CCOCC2)C1=O. The fourth-order valence-electron chi connectivity index (χ4n) is 3.04. The van der Waals surface area contributed by atoms with Crippen LogP contribution in [0, 0.1) is 6.92 Å². The second kappa shape index (κ2) is 6.58. The molecule has 6 heteroatoms. The van der Waals surface area contributed by atoms with Gasteiger partial charge in [-0.2, -0.15) is 0 Å². The molecule has 0 bridgehead atoms. The van der Waals surface area contributed by atoms with Crippen LogP contribution in [0.25, 0.3) is 0 Å². The van der Waals surface area contributed by atoms with Gasteiger partial charge >= 0.3 is 0 Å². The van der Waals surface area contributed by atoms with Gasteiger partial charge in [-0.15, -0.1) is 0 Å². The molecule has 1 saturated heterocycles. The molecule has 1 aromatic carbocycles. The molecule has 0 radical (unpaired) electrons. The van der Waals surface area contributed by atoms with Crippen molar-refractivity contribution in [1.29, 1.82) is 0 Å². The number of amides is 2. The molecule has 0 saturated carbocycles. The highest BCUT2D eigenvalue weighted by molar-refractivity contribution is 6.07. The molecule has 1 fully saturated rings. The van der Waals surface area contributed by atoms with Gasteiger partial charge in [-0.1, -0.05) is 13.0 Å². The minimum absolute atomic E-state index is 0.0232. The molecule has 2 amide bonds. The molecule has 6 nitrogen and oxygen atoms in total. The highest BCUT2D eigenvalue weighted by Crippen LogP contribution is 2.33. The fourth-order valence-corrected chi connectivity index (χ4v) is 3.04. The minimum Gasteiger partial charge on any atom is -0.378 e. The largest absolute Gasteiger partial charge is 0.378 e. The summed E-state index contributed by atoms with van der Waals surface area (Å²) in [6, 6.07) is 5.62. The summed E-state index contributed by atoms with van der Waals surface area (Å²) in [5.41, 5.74) is 2.83. The first-order chi connectivity index (χ1) is 11.1. The molecule has 0 spiro atoms. The molecule has 124 valence electrons. The number of nitrogens with one attached hydrogen (secondary N) is 1. The van der Waals surface area contributed by atoms with Crippen molar-refractivity contribution in [3.05, 3.63) is 23.8 Å². The second-order valence-electron chi connectivity index (χ2n) is 6.04. The van der Waals surface area contributed by atoms with Crippen LogP contribution < -0.4 is 10.2 Å². The number of anilines is 2. The molecular formula is C17H23N3O3. The molecule has 3 rings (SSSR count). The summed E-state index contributed by atoms with van der Waals surface area (Å²) in [6.07, 6.45) is 0.689. The maximum absolute atomic E-state index is 12.7. The van der Waals surface area contributed by atoms with E-state index in [4.69, 9.17) is 4.74 Å². The van der Waals surface area contributed by atoms with Crippen LogP contribution >= 0.6 is 0 Å². The molecule has 2 heterocycles. The van der Waals surface area contributed by atoms with Gasteiger partial charge in [-0.3, -0.25) is 14.5 Å². The molecule has 1 unspecified atom stereocenters. The molecule has 23 heavy (non-hydrogen) atoms. The van der Waals surface area contributed by atoms with E-state index < -0.39 is 0 Å². The Kier molecular flexibility index (Phi) is 4.52. The van der Waals surface area contributed by atoms with Crippen molar-refractivity contribution in [3.8, 4) is 0 Å². The van der Waals surface area contributed by atoms with Gasteiger partial charge in [0.25, 0.3) is 0 Å². The number of nitrogens with zero attached hydrogens (tertiary/aromatic N) is 2. The summed E-state index contributed by atoms with van der Waals surface area (Å²) in [5.74, 6) is -0.0598. The van der Waals surface area contributed by atoms with E-state index in [2.05, 4.69) is 5.32 Å². The van der Waals surface area contributed by atoms with E-state index in [1.165, 1.54) is 0 Å². The quantitative estimate of drug-likeness (QED) is 0.915. The topological polar surface area (TPSA) is 61.9 Å². The van der Waals surface area contributed by atoms with Gasteiger partial charge in [-0.05, 0) is 31.0 Å². The van der Waals surface area contributed by atoms with Gasteiger partial charge in [0.15, 0.2) is 0 Å². The van der Waals surface area contributed by atoms with Crippen molar-refractivity contribution in [1.82, 2.24) is 4.90 Å². The second-order valence-corrected chi connectivity index (χ2v) is 6.04. The van der Waals surface area contributed by atoms with Gasteiger partial charge in [-0.25, -0.2) is 0 Å². The molecule has 2 aliphatic rings. The number of fused-ring (bicyclic) bond motifs is 1. The Hall–Kier alpha value is -2.08. The van der Waals surface area contributed by atoms with E-state index in [1.807, 2.05) is 32.0 Å². The Morgan fingerprint density at radius 1 is 1.35 bits per heavy atom. The molecule has 2 aliphatic heterocycles. The first-order valence-electron chi connectivity index (χ1n) is 8.14. The third-order valence-electron chi connectivity index (χ3n) is 4.40. The Labute approximate surface area is 136 Å². The number of hydrogen-bond acceptors (Lipinski definition) is 4. The summed E-state index contributed by atoms with van der Waals surface area (Å²) in [5, 5.41) is 3.28. The predicted octanol–water partition coefficient (Wildman–Crippen LogP) is 1.39. The number of carbonyl (C=O) groups excluding carboxylic acids is 2. The Morgan fingerprint density at radius 2 is 2.09 bits per heavy atom. The van der Waals surface area contributed by atoms with E-state index in [0.717, 1.165) is 16.9 Å². The van der Waals surface area contributed by atoms with Crippen LogP contribution in [-0.4, -0.2) is 55.6 Å². The lowest BCUT2D eigenvalue weighted by molar-refractivity contribution is -0.135. The Morgan fingerprint density at radius 3 is 2.78 bits per heavy atom. The average molecular weight is 317 g/mol. The molecule has 0 aliphatic carbocycles. The van der Waals surface area contributed by atoms with Crippen LogP contribution in [0.15, 0.2) is 18.2 Å². The van der Waals surface area contributed by atoms with Crippen LogP contribution in [0.4, 0.5) is 11.4 Å². The fraction of sp³-hybridized carbons (Fsp3) is 0.529. The van der Waals surface area contributed by atoms with Crippen molar-refractivity contribution in [2.75, 3.05) is 43.1 Å². The lowest BCUT2D eigenvalue weighted by Gasteiger charge is -2.36. The average Bonchev–Trinajstić information content (AvgIpc) is 2.57. The third-order valence-corrected chi connectivity index (χ3v) is 4.40. The maximum atomic E-state index is 12.7. The summed E-state index contributed by atoms with van der Waals surface area (Å²) in [6.45, 7) is 6.39. The van der Waals surface area contributed by atoms with E-state index >= 15 is 0 Å². The zero-order valence-electron chi connectivity index (χ0n) is 13.7. The van der Waals surface area contributed by atoms with Crippen molar-refractivity contribution >= 4 is 23.2 Å². The number of morpholine rings is 1. The van der Waals surface area contributed by atoms with Gasteiger partial charge in [0, 0.05) is 13.1 Å². The number of ether oxygens (including phenoxy) is 1. The van der Waals surface area contributed by atoms with Gasteiger partial charge in [0.05, 0.1) is 24.6 Å². The smallest absolute Gasteiger partial charge is 0.250 e. The van der Waals surface area contributed by atoms with Crippen LogP contribution in [0.5, 0.6) is 0 Å². The Bertz CT molecular complexity index is 611. The van der Waals surface area contributed by atoms with Gasteiger partial charge in [0.1, 0.15) is 12.6 Å². The lowest BCUT2D eigenvalue weighted by atomic mass is 10.1. The van der Waals surface area contributed by atoms with E-state index in [9.17, 15) is 9.59 Å². The number of aryl methyl sites for hydroxylation is 1. The van der Waals surface area contributed by atoms with Gasteiger partial charge < -0.3 is 15.0 Å². The van der Waals surface area contributed by atoms with Crippen molar-refractivity contribution in [2.24, 2.45) is 0 Å². The van der Waals surface area contributed by atoms with E-state index in [-0.39, 0.29) is 24.4 Å². The number of rotatable bonds is 3. The zero-order valence-corrected chi connectivity index (χ0v) is 13.7. The minimum atomic E-state index is -0.276. The summed E-state index contributed by atoms with van der Waals surface area (Å²) in [4.78, 5) is 28.6. The standard InChI is InChI=1S/C17H23N3O3/c1-3-13-17(22)20(11-16(21)19-6-8-23-9-7-19)15-5-4-12(2)10-14(15)18-13/h4-5,10,13,18H,3,6-9,11H2,1-2H3. The monoisotopic (exact) mass is 317 g/mol. The van der Waals surface area contributed by atoms with Crippen LogP contribution in [0.3, 0.4) is 0 Å². The molecule has 1 atom stereocenters. The summed E-state index contributed by atoms with van der Waals surface area (Å²) in [7, 11) is 0. The molecular weight excluding hydrogens is 294 g/mol. The zero-order chi connectivity index (χ0) is 16.4. The number of hydrogen-bond donors (Lipinski definition) is 1. The number of carbonyl (C=O) groups is 2. The normalized spacial score (nSPS) is 21.0. The summed E-state index contributed by atoms with van der Waals surface area (Å²) < 4.78 is 5.28. The van der Waals surface area contributed by atoms with Crippen LogP contribution in [0.1, 0.15) is 18.9 Å². The van der Waals surface area contributed by atoms with E-state index in [0.29, 0.717) is 32.7 Å². The van der Waals surface area contributed by atoms with Gasteiger partial charge in [0.2, 0.25) is 11.8 Å². The predicted molar refractivity (Wildman–Crippen MR) is 88.6 cm³/mol.